The lowest BCUT2D eigenvalue weighted by atomic mass is 10.1. The first kappa shape index (κ1) is 15.4. The number of carbonyl (C=O) groups excluding carboxylic acids is 1. The SMILES string of the molecule is CC(C)CCNc1cc(C(=O)NC(C)(C)C)ncn1. The maximum absolute atomic E-state index is 12.0. The molecular weight excluding hydrogens is 240 g/mol. The topological polar surface area (TPSA) is 66.9 Å². The summed E-state index contributed by atoms with van der Waals surface area (Å²) >= 11 is 0. The fraction of sp³-hybridized carbons (Fsp3) is 0.643. The van der Waals surface area contributed by atoms with Gasteiger partial charge in [0.1, 0.15) is 17.8 Å². The van der Waals surface area contributed by atoms with E-state index in [0.717, 1.165) is 13.0 Å². The smallest absolute Gasteiger partial charge is 0.270 e. The predicted octanol–water partition coefficient (Wildman–Crippen LogP) is 2.46. The van der Waals surface area contributed by atoms with E-state index in [2.05, 4.69) is 34.4 Å². The second-order valence-electron chi connectivity index (χ2n) is 6.10. The van der Waals surface area contributed by atoms with E-state index in [4.69, 9.17) is 0 Å². The number of hydrogen-bond acceptors (Lipinski definition) is 4. The molecule has 0 saturated carbocycles. The molecule has 5 nitrogen and oxygen atoms in total. The molecule has 1 heterocycles. The maximum Gasteiger partial charge on any atom is 0.270 e. The minimum atomic E-state index is -0.271. The summed E-state index contributed by atoms with van der Waals surface area (Å²) in [7, 11) is 0. The second kappa shape index (κ2) is 6.50. The van der Waals surface area contributed by atoms with E-state index in [1.807, 2.05) is 20.8 Å². The monoisotopic (exact) mass is 264 g/mol. The summed E-state index contributed by atoms with van der Waals surface area (Å²) in [5, 5.41) is 6.08. The van der Waals surface area contributed by atoms with Crippen LogP contribution in [0.4, 0.5) is 5.82 Å². The summed E-state index contributed by atoms with van der Waals surface area (Å²) in [6, 6.07) is 1.68. The van der Waals surface area contributed by atoms with Gasteiger partial charge in [-0.3, -0.25) is 4.79 Å². The van der Waals surface area contributed by atoms with Gasteiger partial charge in [-0.1, -0.05) is 13.8 Å². The minimum absolute atomic E-state index is 0.179. The van der Waals surface area contributed by atoms with Crippen LogP contribution in [0.1, 0.15) is 51.5 Å². The van der Waals surface area contributed by atoms with Crippen molar-refractivity contribution in [3.8, 4) is 0 Å². The molecule has 1 rings (SSSR count). The normalized spacial score (nSPS) is 11.5. The van der Waals surface area contributed by atoms with E-state index in [1.54, 1.807) is 6.07 Å². The highest BCUT2D eigenvalue weighted by atomic mass is 16.2. The standard InChI is InChI=1S/C14H24N4O/c1-10(2)6-7-15-12-8-11(16-9-17-12)13(19)18-14(3,4)5/h8-10H,6-7H2,1-5H3,(H,18,19)(H,15,16,17). The van der Waals surface area contributed by atoms with Gasteiger partial charge in [-0.15, -0.1) is 0 Å². The molecule has 19 heavy (non-hydrogen) atoms. The average Bonchev–Trinajstić information content (AvgIpc) is 2.26. The molecular formula is C14H24N4O. The predicted molar refractivity (Wildman–Crippen MR) is 77.2 cm³/mol. The molecule has 2 N–H and O–H groups in total. The van der Waals surface area contributed by atoms with Crippen LogP contribution in [-0.4, -0.2) is 28.0 Å². The van der Waals surface area contributed by atoms with E-state index in [1.165, 1.54) is 6.33 Å². The first-order valence-electron chi connectivity index (χ1n) is 6.66. The Bertz CT molecular complexity index is 424. The fourth-order valence-electron chi connectivity index (χ4n) is 1.47. The van der Waals surface area contributed by atoms with Crippen molar-refractivity contribution in [3.63, 3.8) is 0 Å². The first-order chi connectivity index (χ1) is 8.78. The molecule has 0 aliphatic rings. The van der Waals surface area contributed by atoms with Crippen LogP contribution in [0.25, 0.3) is 0 Å². The van der Waals surface area contributed by atoms with Crippen LogP contribution in [0, 0.1) is 5.92 Å². The summed E-state index contributed by atoms with van der Waals surface area (Å²) in [5.74, 6) is 1.15. The molecule has 0 aromatic carbocycles. The molecule has 0 bridgehead atoms. The van der Waals surface area contributed by atoms with Gasteiger partial charge in [0.25, 0.3) is 5.91 Å². The van der Waals surface area contributed by atoms with Gasteiger partial charge in [0.2, 0.25) is 0 Å². The van der Waals surface area contributed by atoms with Crippen LogP contribution >= 0.6 is 0 Å². The number of aromatic nitrogens is 2. The van der Waals surface area contributed by atoms with Gasteiger partial charge in [0.05, 0.1) is 0 Å². The molecule has 0 unspecified atom stereocenters. The average molecular weight is 264 g/mol. The fourth-order valence-corrected chi connectivity index (χ4v) is 1.47. The van der Waals surface area contributed by atoms with Gasteiger partial charge in [0, 0.05) is 18.2 Å². The summed E-state index contributed by atoms with van der Waals surface area (Å²) < 4.78 is 0. The van der Waals surface area contributed by atoms with Gasteiger partial charge in [-0.2, -0.15) is 0 Å². The Balaban J connectivity index is 2.64. The van der Waals surface area contributed by atoms with Crippen molar-refractivity contribution in [1.29, 1.82) is 0 Å². The third-order valence-electron chi connectivity index (χ3n) is 2.42. The van der Waals surface area contributed by atoms with Gasteiger partial charge >= 0.3 is 0 Å². The Morgan fingerprint density at radius 3 is 2.58 bits per heavy atom. The maximum atomic E-state index is 12.0. The zero-order chi connectivity index (χ0) is 14.5. The molecule has 0 aliphatic heterocycles. The molecule has 0 radical (unpaired) electrons. The van der Waals surface area contributed by atoms with Crippen molar-refractivity contribution >= 4 is 11.7 Å². The molecule has 0 saturated heterocycles. The molecule has 5 heteroatoms. The number of anilines is 1. The molecule has 1 aromatic heterocycles. The first-order valence-corrected chi connectivity index (χ1v) is 6.66. The van der Waals surface area contributed by atoms with E-state index < -0.39 is 0 Å². The van der Waals surface area contributed by atoms with E-state index in [-0.39, 0.29) is 11.4 Å². The zero-order valence-electron chi connectivity index (χ0n) is 12.4. The summed E-state index contributed by atoms with van der Waals surface area (Å²) in [5.41, 5.74) is 0.116. The largest absolute Gasteiger partial charge is 0.370 e. The molecule has 0 atom stereocenters. The van der Waals surface area contributed by atoms with Crippen LogP contribution in [0.2, 0.25) is 0 Å². The van der Waals surface area contributed by atoms with Crippen LogP contribution in [-0.2, 0) is 0 Å². The third kappa shape index (κ3) is 6.18. The van der Waals surface area contributed by atoms with Crippen molar-refractivity contribution in [1.82, 2.24) is 15.3 Å². The zero-order valence-corrected chi connectivity index (χ0v) is 12.4. The van der Waals surface area contributed by atoms with Crippen LogP contribution in [0.3, 0.4) is 0 Å². The van der Waals surface area contributed by atoms with Crippen molar-refractivity contribution in [2.24, 2.45) is 5.92 Å². The Morgan fingerprint density at radius 2 is 2.00 bits per heavy atom. The minimum Gasteiger partial charge on any atom is -0.370 e. The molecule has 0 aliphatic carbocycles. The third-order valence-corrected chi connectivity index (χ3v) is 2.42. The van der Waals surface area contributed by atoms with Crippen LogP contribution in [0.5, 0.6) is 0 Å². The molecule has 1 amide bonds. The Morgan fingerprint density at radius 1 is 1.32 bits per heavy atom. The van der Waals surface area contributed by atoms with Crippen LogP contribution < -0.4 is 10.6 Å². The lowest BCUT2D eigenvalue weighted by Gasteiger charge is -2.20. The quantitative estimate of drug-likeness (QED) is 0.857. The molecule has 1 aromatic rings. The number of hydrogen-bond donors (Lipinski definition) is 2. The van der Waals surface area contributed by atoms with Gasteiger partial charge in [-0.05, 0) is 33.1 Å². The Hall–Kier alpha value is -1.65. The van der Waals surface area contributed by atoms with Crippen molar-refractivity contribution < 1.29 is 4.79 Å². The second-order valence-corrected chi connectivity index (χ2v) is 6.10. The van der Waals surface area contributed by atoms with E-state index in [9.17, 15) is 4.79 Å². The van der Waals surface area contributed by atoms with Crippen molar-refractivity contribution in [2.75, 3.05) is 11.9 Å². The highest BCUT2D eigenvalue weighted by Gasteiger charge is 2.16. The van der Waals surface area contributed by atoms with Gasteiger partial charge in [0.15, 0.2) is 0 Å². The number of nitrogens with one attached hydrogen (secondary N) is 2. The number of rotatable bonds is 5. The highest BCUT2D eigenvalue weighted by Crippen LogP contribution is 2.07. The van der Waals surface area contributed by atoms with Gasteiger partial charge in [-0.25, -0.2) is 9.97 Å². The number of nitrogens with zero attached hydrogens (tertiary/aromatic N) is 2. The highest BCUT2D eigenvalue weighted by molar-refractivity contribution is 5.93. The molecule has 0 fully saturated rings. The van der Waals surface area contributed by atoms with Crippen molar-refractivity contribution in [2.45, 2.75) is 46.6 Å². The lowest BCUT2D eigenvalue weighted by molar-refractivity contribution is 0.0914. The Labute approximate surface area is 115 Å². The number of amides is 1. The molecule has 106 valence electrons. The van der Waals surface area contributed by atoms with E-state index >= 15 is 0 Å². The Kier molecular flexibility index (Phi) is 5.27. The van der Waals surface area contributed by atoms with E-state index in [0.29, 0.717) is 17.4 Å². The summed E-state index contributed by atoms with van der Waals surface area (Å²) in [4.78, 5) is 20.1. The summed E-state index contributed by atoms with van der Waals surface area (Å²) in [6.07, 6.45) is 2.48. The van der Waals surface area contributed by atoms with Crippen molar-refractivity contribution in [3.05, 3.63) is 18.1 Å². The number of carbonyl (C=O) groups is 1. The summed E-state index contributed by atoms with van der Waals surface area (Å²) in [6.45, 7) is 11.0. The lowest BCUT2D eigenvalue weighted by Crippen LogP contribution is -2.41. The molecule has 0 spiro atoms. The van der Waals surface area contributed by atoms with Crippen LogP contribution in [0.15, 0.2) is 12.4 Å². The van der Waals surface area contributed by atoms with Gasteiger partial charge < -0.3 is 10.6 Å².